The molecular formula is C36H37F4N7O2. The number of rotatable bonds is 5. The van der Waals surface area contributed by atoms with Crippen molar-refractivity contribution in [2.75, 3.05) is 38.1 Å². The minimum Gasteiger partial charge on any atom is -0.463 e. The molecule has 3 fully saturated rings. The first-order chi connectivity index (χ1) is 25.5. The molecule has 0 radical (unpaired) electrons. The van der Waals surface area contributed by atoms with Crippen molar-refractivity contribution in [2.45, 2.75) is 70.0 Å². The van der Waals surface area contributed by atoms with E-state index in [0.29, 0.717) is 31.5 Å². The van der Waals surface area contributed by atoms with Crippen LogP contribution in [0, 0.1) is 35.3 Å². The quantitative estimate of drug-likeness (QED) is 0.224. The number of likely N-dealkylation sites (tertiary alicyclic amines) is 1. The SMILES string of the molecule is [2H]C([2H])([2H])N1CC[C@H](C(F)F)[C@](C)(C([2H])([2H])Oc2nc3c4c(nc(-c5[nH]c(=O)cc6ccc(F)c(C#C)c56)c(F)c4n2)CCC[C@@H]2[C@@H]4CC[C@H](CN32)N4)C1. The van der Waals surface area contributed by atoms with Crippen LogP contribution in [0.4, 0.5) is 23.4 Å². The molecule has 13 heteroatoms. The number of piperazine rings is 1. The number of aromatic amines is 1. The molecule has 8 rings (SSSR count). The highest BCUT2D eigenvalue weighted by Gasteiger charge is 2.45. The summed E-state index contributed by atoms with van der Waals surface area (Å²) in [6, 6.07) is 3.11. The van der Waals surface area contributed by atoms with Crippen LogP contribution in [0.3, 0.4) is 0 Å². The van der Waals surface area contributed by atoms with E-state index in [1.807, 2.05) is 4.90 Å². The van der Waals surface area contributed by atoms with E-state index in [-0.39, 0.29) is 75.5 Å². The standard InChI is InChI=1S/C36H37F4N7O2/c1-4-20-22(37)10-8-18-14-26(48)43-31(27(18)20)32-29(38)30-28-24(42-32)6-5-7-25-23-11-9-19(41-23)15-47(25)34(28)45-35(44-30)49-17-36(2)16-46(3)13-12-21(36)33(39)40/h1,8,10,14,19,21,23,25,33,41H,5-7,9,11-13,15-17H2,2-3H3,(H,43,48)/t19-,21-,23+,25-,36+/m1/s1/i3D3,17D2. The summed E-state index contributed by atoms with van der Waals surface area (Å²) in [6.45, 7) is -4.78. The van der Waals surface area contributed by atoms with Crippen molar-refractivity contribution >= 4 is 27.5 Å². The van der Waals surface area contributed by atoms with Gasteiger partial charge in [0, 0.05) is 58.1 Å². The number of piperidine rings is 1. The van der Waals surface area contributed by atoms with E-state index in [1.54, 1.807) is 0 Å². The predicted octanol–water partition coefficient (Wildman–Crippen LogP) is 5.04. The summed E-state index contributed by atoms with van der Waals surface area (Å²) >= 11 is 0. The van der Waals surface area contributed by atoms with Crippen molar-refractivity contribution in [1.82, 2.24) is 30.2 Å². The Kier molecular flexibility index (Phi) is 6.48. The fraction of sp³-hybridized carbons (Fsp3) is 0.500. The Labute approximate surface area is 287 Å². The minimum atomic E-state index is -3.01. The van der Waals surface area contributed by atoms with Crippen molar-refractivity contribution in [3.63, 3.8) is 0 Å². The Morgan fingerprint density at radius 2 is 2.06 bits per heavy atom. The number of anilines is 1. The highest BCUT2D eigenvalue weighted by molar-refractivity contribution is 6.01. The van der Waals surface area contributed by atoms with E-state index in [0.717, 1.165) is 23.8 Å². The van der Waals surface area contributed by atoms with Crippen LogP contribution in [0.1, 0.15) is 57.1 Å². The number of halogens is 4. The van der Waals surface area contributed by atoms with Crippen LogP contribution in [-0.2, 0) is 6.42 Å². The number of nitrogens with one attached hydrogen (secondary N) is 2. The number of terminal acetylenes is 1. The monoisotopic (exact) mass is 680 g/mol. The van der Waals surface area contributed by atoms with Gasteiger partial charge in [-0.25, -0.2) is 22.5 Å². The van der Waals surface area contributed by atoms with E-state index >= 15 is 8.78 Å². The Hall–Kier alpha value is -4.28. The van der Waals surface area contributed by atoms with Crippen molar-refractivity contribution in [2.24, 2.45) is 11.3 Å². The van der Waals surface area contributed by atoms with Crippen molar-refractivity contribution in [3.8, 4) is 29.7 Å². The van der Waals surface area contributed by atoms with Gasteiger partial charge in [0.1, 0.15) is 22.8 Å². The maximum Gasteiger partial charge on any atom is 0.319 e. The first-order valence-corrected chi connectivity index (χ1v) is 16.5. The maximum atomic E-state index is 17.3. The molecule has 4 aliphatic rings. The Morgan fingerprint density at radius 3 is 2.86 bits per heavy atom. The summed E-state index contributed by atoms with van der Waals surface area (Å²) in [5, 5.41) is 4.17. The van der Waals surface area contributed by atoms with Crippen LogP contribution in [0.25, 0.3) is 33.1 Å². The molecule has 2 N–H and O–H groups in total. The van der Waals surface area contributed by atoms with Gasteiger partial charge in [-0.05, 0) is 63.5 Å². The summed E-state index contributed by atoms with van der Waals surface area (Å²) in [5.41, 5.74) is -3.46. The largest absolute Gasteiger partial charge is 0.463 e. The van der Waals surface area contributed by atoms with Gasteiger partial charge < -0.3 is 24.8 Å². The number of alkyl halides is 2. The van der Waals surface area contributed by atoms with Gasteiger partial charge in [0.2, 0.25) is 12.0 Å². The van der Waals surface area contributed by atoms with Crippen LogP contribution in [0.5, 0.6) is 6.01 Å². The summed E-state index contributed by atoms with van der Waals surface area (Å²) in [5.74, 6) is -0.910. The van der Waals surface area contributed by atoms with E-state index < -0.39 is 61.0 Å². The van der Waals surface area contributed by atoms with Crippen LogP contribution in [0.15, 0.2) is 23.0 Å². The number of fused-ring (bicyclic) bond motifs is 6. The maximum absolute atomic E-state index is 17.3. The lowest BCUT2D eigenvalue weighted by molar-refractivity contribution is -0.0679. The van der Waals surface area contributed by atoms with Gasteiger partial charge in [-0.2, -0.15) is 9.97 Å². The number of hydrogen-bond donors (Lipinski definition) is 2. The molecule has 1 aromatic carbocycles. The van der Waals surface area contributed by atoms with Crippen molar-refractivity contribution in [1.29, 1.82) is 0 Å². The van der Waals surface area contributed by atoms with Crippen LogP contribution >= 0.6 is 0 Å². The zero-order chi connectivity index (χ0) is 38.5. The Bertz CT molecular complexity index is 2290. The number of H-pyrrole nitrogens is 1. The highest BCUT2D eigenvalue weighted by atomic mass is 19.3. The number of aryl methyl sites for hydroxylation is 1. The summed E-state index contributed by atoms with van der Waals surface area (Å²) in [7, 11) is 0. The molecule has 7 heterocycles. The van der Waals surface area contributed by atoms with Crippen molar-refractivity contribution < 1.29 is 29.2 Å². The second-order valence-corrected chi connectivity index (χ2v) is 13.7. The van der Waals surface area contributed by atoms with E-state index in [1.165, 1.54) is 19.1 Å². The molecule has 0 amide bonds. The Morgan fingerprint density at radius 1 is 1.20 bits per heavy atom. The average Bonchev–Trinajstić information content (AvgIpc) is 3.49. The topological polar surface area (TPSA) is 99.3 Å². The van der Waals surface area contributed by atoms with Gasteiger partial charge in [-0.1, -0.05) is 18.9 Å². The molecule has 9 nitrogen and oxygen atoms in total. The van der Waals surface area contributed by atoms with Gasteiger partial charge in [-0.15, -0.1) is 6.42 Å². The zero-order valence-corrected chi connectivity index (χ0v) is 26.6. The molecule has 256 valence electrons. The third-order valence-corrected chi connectivity index (χ3v) is 10.6. The number of aromatic nitrogens is 4. The molecule has 3 aromatic heterocycles. The normalized spacial score (nSPS) is 28.9. The van der Waals surface area contributed by atoms with Gasteiger partial charge in [0.25, 0.3) is 0 Å². The van der Waals surface area contributed by atoms with Gasteiger partial charge in [-0.3, -0.25) is 4.79 Å². The molecule has 0 spiro atoms. The molecule has 49 heavy (non-hydrogen) atoms. The van der Waals surface area contributed by atoms with Crippen LogP contribution < -0.4 is 20.5 Å². The molecular weight excluding hydrogens is 638 g/mol. The molecule has 4 aromatic rings. The van der Waals surface area contributed by atoms with Crippen molar-refractivity contribution in [3.05, 3.63) is 51.4 Å². The lowest BCUT2D eigenvalue weighted by Crippen LogP contribution is -2.58. The second-order valence-electron chi connectivity index (χ2n) is 13.7. The number of pyridine rings is 2. The number of ether oxygens (including phenoxy) is 1. The molecule has 5 atom stereocenters. The Balaban J connectivity index is 1.36. The van der Waals surface area contributed by atoms with Gasteiger partial charge in [0.15, 0.2) is 5.82 Å². The fourth-order valence-corrected chi connectivity index (χ4v) is 8.32. The summed E-state index contributed by atoms with van der Waals surface area (Å²) < 4.78 is 109. The molecule has 4 aliphatic heterocycles. The smallest absolute Gasteiger partial charge is 0.319 e. The molecule has 2 bridgehead atoms. The first-order valence-electron chi connectivity index (χ1n) is 19.0. The lowest BCUT2D eigenvalue weighted by atomic mass is 9.73. The summed E-state index contributed by atoms with van der Waals surface area (Å²) in [4.78, 5) is 32.3. The van der Waals surface area contributed by atoms with Crippen LogP contribution in [-0.4, -0.2) is 82.6 Å². The van der Waals surface area contributed by atoms with E-state index in [2.05, 4.69) is 26.2 Å². The third-order valence-electron chi connectivity index (χ3n) is 10.6. The van der Waals surface area contributed by atoms with E-state index in [9.17, 15) is 13.6 Å². The minimum absolute atomic E-state index is 0.0452. The van der Waals surface area contributed by atoms with Crippen LogP contribution in [0.2, 0.25) is 0 Å². The second kappa shape index (κ2) is 11.9. The average molecular weight is 681 g/mol. The highest BCUT2D eigenvalue weighted by Crippen LogP contribution is 2.43. The first kappa shape index (κ1) is 26.6. The fourth-order valence-electron chi connectivity index (χ4n) is 8.32. The number of nitrogens with zero attached hydrogens (tertiary/aromatic N) is 5. The van der Waals surface area contributed by atoms with E-state index in [4.69, 9.17) is 23.0 Å². The molecule has 3 saturated heterocycles. The number of hydrogen-bond acceptors (Lipinski definition) is 8. The number of benzene rings is 1. The van der Waals surface area contributed by atoms with Gasteiger partial charge in [0.05, 0.1) is 31.6 Å². The zero-order valence-electron chi connectivity index (χ0n) is 31.6. The molecule has 0 saturated carbocycles. The third kappa shape index (κ3) is 5.31. The summed E-state index contributed by atoms with van der Waals surface area (Å²) in [6.07, 6.45) is 5.84. The lowest BCUT2D eigenvalue weighted by Gasteiger charge is -2.44. The molecule has 0 aliphatic carbocycles. The predicted molar refractivity (Wildman–Crippen MR) is 178 cm³/mol. The molecule has 0 unspecified atom stereocenters. The van der Waals surface area contributed by atoms with Gasteiger partial charge >= 0.3 is 6.01 Å².